The summed E-state index contributed by atoms with van der Waals surface area (Å²) in [5.74, 6) is -1.04. The summed E-state index contributed by atoms with van der Waals surface area (Å²) in [7, 11) is 1.46. The average Bonchev–Trinajstić information content (AvgIpc) is 3.52. The van der Waals surface area contributed by atoms with Gasteiger partial charge >= 0.3 is 5.97 Å². The molecule has 3 fully saturated rings. The standard InChI is InChI=1S/C29H46O9/c1-15(2)20-10-18-12-28(14-30,29(20,13-18)27(34)35)21-11-22(31)16(3)19(21)8-6-7-9-37-26-24(33)23(32)25(36-5)17(4)38-26/h10,14-19,21-26,31-33H,6-9,11-13H2,1-5H3,(H,34,35)/t16?,17?,18?,19?,21?,22?,23?,24?,25?,26?,28-,29+/m0/s1. The summed E-state index contributed by atoms with van der Waals surface area (Å²) in [5.41, 5.74) is -1.35. The SMILES string of the molecule is COC1C(C)OC(OCCCCC2C(C)C(O)CC2[C@@]2(C=O)CC3C=C(C(C)C)[C@@]2(C(=O)O)C3)C(O)C1O. The molecule has 0 aromatic heterocycles. The first-order valence-corrected chi connectivity index (χ1v) is 14.2. The van der Waals surface area contributed by atoms with E-state index in [0.29, 0.717) is 32.3 Å². The average molecular weight is 539 g/mol. The number of carboxylic acids is 1. The van der Waals surface area contributed by atoms with E-state index >= 15 is 0 Å². The number of methoxy groups -OCH3 is 1. The summed E-state index contributed by atoms with van der Waals surface area (Å²) in [4.78, 5) is 25.9. The van der Waals surface area contributed by atoms with Crippen molar-refractivity contribution in [1.29, 1.82) is 0 Å². The van der Waals surface area contributed by atoms with E-state index in [0.717, 1.165) is 24.7 Å². The molecule has 1 aliphatic heterocycles. The maximum absolute atomic E-state index is 13.0. The molecule has 0 spiro atoms. The number of carboxylic acid groups (broad SMARTS) is 1. The van der Waals surface area contributed by atoms with Gasteiger partial charge in [0.15, 0.2) is 6.29 Å². The Hall–Kier alpha value is -1.36. The molecule has 0 aromatic carbocycles. The highest BCUT2D eigenvalue weighted by molar-refractivity contribution is 5.88. The lowest BCUT2D eigenvalue weighted by Crippen LogP contribution is -2.58. The molecular formula is C29H46O9. The monoisotopic (exact) mass is 538 g/mol. The predicted octanol–water partition coefficient (Wildman–Crippen LogP) is 2.55. The normalized spacial score (nSPS) is 46.5. The Balaban J connectivity index is 1.43. The summed E-state index contributed by atoms with van der Waals surface area (Å²) in [5, 5.41) is 42.1. The Kier molecular flexibility index (Phi) is 8.77. The lowest BCUT2D eigenvalue weighted by atomic mass is 9.52. The van der Waals surface area contributed by atoms with Crippen LogP contribution in [0.3, 0.4) is 0 Å². The second kappa shape index (κ2) is 11.3. The minimum absolute atomic E-state index is 0.0139. The predicted molar refractivity (Wildman–Crippen MR) is 138 cm³/mol. The summed E-state index contributed by atoms with van der Waals surface area (Å²) >= 11 is 0. The summed E-state index contributed by atoms with van der Waals surface area (Å²) in [6.45, 7) is 8.07. The van der Waals surface area contributed by atoms with Crippen molar-refractivity contribution in [3.63, 3.8) is 0 Å². The van der Waals surface area contributed by atoms with Crippen LogP contribution in [-0.2, 0) is 23.8 Å². The molecule has 9 nitrogen and oxygen atoms in total. The second-order valence-electron chi connectivity index (χ2n) is 12.5. The van der Waals surface area contributed by atoms with Crippen LogP contribution in [0.15, 0.2) is 11.6 Å². The van der Waals surface area contributed by atoms with Crippen LogP contribution < -0.4 is 0 Å². The van der Waals surface area contributed by atoms with Crippen LogP contribution in [0.25, 0.3) is 0 Å². The number of aliphatic carboxylic acids is 1. The lowest BCUT2D eigenvalue weighted by Gasteiger charge is -2.48. The zero-order valence-electron chi connectivity index (χ0n) is 23.3. The number of aldehydes is 1. The third-order valence-corrected chi connectivity index (χ3v) is 10.3. The Labute approximate surface area is 225 Å². The second-order valence-corrected chi connectivity index (χ2v) is 12.5. The smallest absolute Gasteiger partial charge is 0.314 e. The van der Waals surface area contributed by atoms with Gasteiger partial charge in [-0.2, -0.15) is 0 Å². The number of allylic oxidation sites excluding steroid dienone is 1. The molecule has 9 heteroatoms. The first kappa shape index (κ1) is 29.6. The van der Waals surface area contributed by atoms with Gasteiger partial charge in [-0.05, 0) is 68.6 Å². The van der Waals surface area contributed by atoms with E-state index in [4.69, 9.17) is 14.2 Å². The largest absolute Gasteiger partial charge is 0.481 e. The molecule has 2 bridgehead atoms. The van der Waals surface area contributed by atoms with Crippen LogP contribution in [0, 0.1) is 40.4 Å². The van der Waals surface area contributed by atoms with E-state index in [9.17, 15) is 30.0 Å². The Morgan fingerprint density at radius 3 is 2.50 bits per heavy atom. The highest BCUT2D eigenvalue weighted by Crippen LogP contribution is 2.70. The van der Waals surface area contributed by atoms with E-state index in [1.165, 1.54) is 7.11 Å². The maximum Gasteiger partial charge on any atom is 0.314 e. The van der Waals surface area contributed by atoms with E-state index in [2.05, 4.69) is 6.08 Å². The molecule has 1 heterocycles. The number of aliphatic hydroxyl groups is 3. The Bertz CT molecular complexity index is 904. The number of ether oxygens (including phenoxy) is 3. The molecule has 0 aromatic rings. The van der Waals surface area contributed by atoms with Gasteiger partial charge in [0.2, 0.25) is 0 Å². The molecule has 1 saturated heterocycles. The van der Waals surface area contributed by atoms with E-state index < -0.39 is 53.6 Å². The molecule has 216 valence electrons. The Morgan fingerprint density at radius 2 is 1.89 bits per heavy atom. The number of hydrogen-bond acceptors (Lipinski definition) is 8. The Morgan fingerprint density at radius 1 is 1.18 bits per heavy atom. The zero-order chi connectivity index (χ0) is 28.0. The van der Waals surface area contributed by atoms with Crippen molar-refractivity contribution in [2.45, 2.75) is 103 Å². The topological polar surface area (TPSA) is 143 Å². The van der Waals surface area contributed by atoms with E-state index in [1.807, 2.05) is 20.8 Å². The quantitative estimate of drug-likeness (QED) is 0.177. The first-order valence-electron chi connectivity index (χ1n) is 14.2. The summed E-state index contributed by atoms with van der Waals surface area (Å²) < 4.78 is 16.7. The van der Waals surface area contributed by atoms with Gasteiger partial charge in [0.1, 0.15) is 30.0 Å². The van der Waals surface area contributed by atoms with Crippen molar-refractivity contribution < 1.29 is 44.2 Å². The summed E-state index contributed by atoms with van der Waals surface area (Å²) in [6.07, 6.45) is 1.71. The van der Waals surface area contributed by atoms with Gasteiger partial charge in [0.25, 0.3) is 0 Å². The fourth-order valence-electron chi connectivity index (χ4n) is 8.47. The molecule has 4 rings (SSSR count). The third kappa shape index (κ3) is 4.57. The van der Waals surface area contributed by atoms with Crippen molar-refractivity contribution in [2.24, 2.45) is 40.4 Å². The number of rotatable bonds is 11. The maximum atomic E-state index is 13.0. The molecule has 4 aliphatic rings. The van der Waals surface area contributed by atoms with Gasteiger partial charge in [0.05, 0.1) is 12.2 Å². The number of carbonyl (C=O) groups excluding carboxylic acids is 1. The van der Waals surface area contributed by atoms with Crippen molar-refractivity contribution in [2.75, 3.05) is 13.7 Å². The third-order valence-electron chi connectivity index (χ3n) is 10.3. The van der Waals surface area contributed by atoms with Crippen LogP contribution in [0.1, 0.15) is 66.2 Å². The van der Waals surface area contributed by atoms with Crippen LogP contribution in [0.4, 0.5) is 0 Å². The van der Waals surface area contributed by atoms with Crippen LogP contribution in [-0.4, -0.2) is 83.2 Å². The van der Waals surface area contributed by atoms with Gasteiger partial charge in [-0.3, -0.25) is 4.79 Å². The minimum Gasteiger partial charge on any atom is -0.481 e. The van der Waals surface area contributed by atoms with Crippen molar-refractivity contribution in [1.82, 2.24) is 0 Å². The summed E-state index contributed by atoms with van der Waals surface area (Å²) in [6, 6.07) is 0. The number of fused-ring (bicyclic) bond motifs is 2. The number of aliphatic hydroxyl groups excluding tert-OH is 3. The highest BCUT2D eigenvalue weighted by atomic mass is 16.7. The van der Waals surface area contributed by atoms with Crippen LogP contribution in [0.2, 0.25) is 0 Å². The fourth-order valence-corrected chi connectivity index (χ4v) is 8.47. The van der Waals surface area contributed by atoms with Crippen molar-refractivity contribution in [3.8, 4) is 0 Å². The van der Waals surface area contributed by atoms with E-state index in [1.54, 1.807) is 6.92 Å². The molecule has 4 N–H and O–H groups in total. The first-order chi connectivity index (χ1) is 17.9. The number of carbonyl (C=O) groups is 2. The molecule has 10 unspecified atom stereocenters. The molecular weight excluding hydrogens is 492 g/mol. The number of hydrogen-bond donors (Lipinski definition) is 4. The lowest BCUT2D eigenvalue weighted by molar-refractivity contribution is -0.296. The molecule has 12 atom stereocenters. The van der Waals surface area contributed by atoms with Crippen LogP contribution in [0.5, 0.6) is 0 Å². The number of unbranched alkanes of at least 4 members (excludes halogenated alkanes) is 1. The van der Waals surface area contributed by atoms with Crippen molar-refractivity contribution >= 4 is 12.3 Å². The zero-order valence-corrected chi connectivity index (χ0v) is 23.3. The van der Waals surface area contributed by atoms with Gasteiger partial charge in [-0.1, -0.05) is 38.8 Å². The molecule has 38 heavy (non-hydrogen) atoms. The fraction of sp³-hybridized carbons (Fsp3) is 0.862. The van der Waals surface area contributed by atoms with Gasteiger partial charge in [-0.25, -0.2) is 0 Å². The van der Waals surface area contributed by atoms with Crippen LogP contribution >= 0.6 is 0 Å². The molecule has 2 saturated carbocycles. The minimum atomic E-state index is -1.22. The molecule has 0 amide bonds. The van der Waals surface area contributed by atoms with Crippen molar-refractivity contribution in [3.05, 3.63) is 11.6 Å². The van der Waals surface area contributed by atoms with Gasteiger partial charge < -0.3 is 39.4 Å². The van der Waals surface area contributed by atoms with Gasteiger partial charge in [-0.15, -0.1) is 0 Å². The van der Waals surface area contributed by atoms with Gasteiger partial charge in [0, 0.05) is 19.1 Å². The molecule has 3 aliphatic carbocycles. The van der Waals surface area contributed by atoms with E-state index in [-0.39, 0.29) is 29.6 Å². The molecule has 0 radical (unpaired) electrons. The highest BCUT2D eigenvalue weighted by Gasteiger charge is 2.71.